The minimum atomic E-state index is -0.661. The van der Waals surface area contributed by atoms with Gasteiger partial charge in [-0.2, -0.15) is 0 Å². The lowest BCUT2D eigenvalue weighted by Gasteiger charge is -2.38. The van der Waals surface area contributed by atoms with Crippen LogP contribution in [-0.2, 0) is 4.79 Å². The summed E-state index contributed by atoms with van der Waals surface area (Å²) in [6, 6.07) is 2.19. The number of nitrogens with one attached hydrogen (secondary N) is 1. The van der Waals surface area contributed by atoms with Crippen molar-refractivity contribution in [2.24, 2.45) is 5.41 Å². The molecule has 2 N–H and O–H groups in total. The molecule has 3 heteroatoms. The topological polar surface area (TPSA) is 49.3 Å². The van der Waals surface area contributed by atoms with Crippen molar-refractivity contribution in [1.29, 1.82) is 0 Å². The van der Waals surface area contributed by atoms with Crippen molar-refractivity contribution in [2.75, 3.05) is 11.9 Å². The van der Waals surface area contributed by atoms with Gasteiger partial charge in [-0.3, -0.25) is 4.79 Å². The summed E-state index contributed by atoms with van der Waals surface area (Å²) in [4.78, 5) is 11.4. The van der Waals surface area contributed by atoms with Gasteiger partial charge in [0.2, 0.25) is 0 Å². The summed E-state index contributed by atoms with van der Waals surface area (Å²) in [5, 5.41) is 12.8. The molecular formula is C16H23NO2. The number of carboxylic acids is 1. The fraction of sp³-hybridized carbons (Fsp3) is 0.562. The normalized spacial score (nSPS) is 16.8. The van der Waals surface area contributed by atoms with Crippen LogP contribution in [-0.4, -0.2) is 17.6 Å². The molecule has 3 nitrogen and oxygen atoms in total. The number of benzene rings is 1. The predicted molar refractivity (Wildman–Crippen MR) is 77.8 cm³/mol. The Hall–Kier alpha value is -1.51. The van der Waals surface area contributed by atoms with Gasteiger partial charge in [0.15, 0.2) is 0 Å². The molecule has 0 saturated heterocycles. The van der Waals surface area contributed by atoms with Gasteiger partial charge in [-0.15, -0.1) is 0 Å². The molecule has 0 heterocycles. The fourth-order valence-corrected chi connectivity index (χ4v) is 2.81. The van der Waals surface area contributed by atoms with Gasteiger partial charge in [0, 0.05) is 12.2 Å². The number of carbonyl (C=O) groups is 1. The highest BCUT2D eigenvalue weighted by Gasteiger charge is 2.44. The summed E-state index contributed by atoms with van der Waals surface area (Å²) < 4.78 is 0. The maximum atomic E-state index is 11.4. The van der Waals surface area contributed by atoms with Crippen LogP contribution in [0.15, 0.2) is 6.07 Å². The first-order valence-electron chi connectivity index (χ1n) is 6.92. The lowest BCUT2D eigenvalue weighted by atomic mass is 9.68. The molecule has 2 rings (SSSR count). The van der Waals surface area contributed by atoms with Crippen LogP contribution >= 0.6 is 0 Å². The first-order valence-corrected chi connectivity index (χ1v) is 6.92. The van der Waals surface area contributed by atoms with Gasteiger partial charge < -0.3 is 10.4 Å². The molecule has 104 valence electrons. The summed E-state index contributed by atoms with van der Waals surface area (Å²) in [6.07, 6.45) is 2.61. The van der Waals surface area contributed by atoms with E-state index in [1.54, 1.807) is 0 Å². The van der Waals surface area contributed by atoms with Crippen LogP contribution in [0.3, 0.4) is 0 Å². The molecule has 1 aromatic carbocycles. The number of aryl methyl sites for hydroxylation is 2. The third-order valence-electron chi connectivity index (χ3n) is 4.73. The smallest absolute Gasteiger partial charge is 0.311 e. The Morgan fingerprint density at radius 2 is 1.74 bits per heavy atom. The van der Waals surface area contributed by atoms with Gasteiger partial charge in [-0.1, -0.05) is 12.5 Å². The second-order valence-corrected chi connectivity index (χ2v) is 5.93. The number of hydrogen-bond acceptors (Lipinski definition) is 2. The summed E-state index contributed by atoms with van der Waals surface area (Å²) in [6.45, 7) is 8.93. The zero-order valence-electron chi connectivity index (χ0n) is 12.3. The average Bonchev–Trinajstić information content (AvgIpc) is 2.28. The van der Waals surface area contributed by atoms with E-state index >= 15 is 0 Å². The van der Waals surface area contributed by atoms with Crippen molar-refractivity contribution >= 4 is 11.7 Å². The largest absolute Gasteiger partial charge is 0.481 e. The van der Waals surface area contributed by atoms with Crippen LogP contribution < -0.4 is 5.32 Å². The molecule has 19 heavy (non-hydrogen) atoms. The number of rotatable bonds is 4. The Morgan fingerprint density at radius 3 is 2.11 bits per heavy atom. The van der Waals surface area contributed by atoms with Gasteiger partial charge in [0.05, 0.1) is 5.41 Å². The molecule has 0 amide bonds. The van der Waals surface area contributed by atoms with Crippen molar-refractivity contribution < 1.29 is 9.90 Å². The number of carboxylic acid groups (broad SMARTS) is 1. The third kappa shape index (κ3) is 2.34. The van der Waals surface area contributed by atoms with Crippen LogP contribution in [0.1, 0.15) is 41.5 Å². The summed E-state index contributed by atoms with van der Waals surface area (Å²) in [7, 11) is 0. The molecular weight excluding hydrogens is 238 g/mol. The number of aliphatic carboxylic acids is 1. The minimum absolute atomic E-state index is 0.535. The zero-order chi connectivity index (χ0) is 14.2. The first-order chi connectivity index (χ1) is 8.87. The van der Waals surface area contributed by atoms with E-state index in [0.29, 0.717) is 6.54 Å². The Kier molecular flexibility index (Phi) is 3.57. The van der Waals surface area contributed by atoms with E-state index in [4.69, 9.17) is 0 Å². The second-order valence-electron chi connectivity index (χ2n) is 5.93. The van der Waals surface area contributed by atoms with Crippen molar-refractivity contribution in [1.82, 2.24) is 0 Å². The van der Waals surface area contributed by atoms with E-state index in [2.05, 4.69) is 39.1 Å². The third-order valence-corrected chi connectivity index (χ3v) is 4.73. The molecule has 0 radical (unpaired) electrons. The molecule has 0 unspecified atom stereocenters. The van der Waals surface area contributed by atoms with Crippen LogP contribution in [0, 0.1) is 33.1 Å². The van der Waals surface area contributed by atoms with Crippen molar-refractivity contribution in [3.8, 4) is 0 Å². The van der Waals surface area contributed by atoms with E-state index < -0.39 is 11.4 Å². The van der Waals surface area contributed by atoms with Gasteiger partial charge in [-0.25, -0.2) is 0 Å². The molecule has 0 spiro atoms. The lowest BCUT2D eigenvalue weighted by molar-refractivity contribution is -0.153. The maximum Gasteiger partial charge on any atom is 0.311 e. The summed E-state index contributed by atoms with van der Waals surface area (Å²) in [5.74, 6) is -0.661. The highest BCUT2D eigenvalue weighted by molar-refractivity contribution is 5.77. The predicted octanol–water partition coefficient (Wildman–Crippen LogP) is 3.59. The monoisotopic (exact) mass is 261 g/mol. The van der Waals surface area contributed by atoms with E-state index in [1.807, 2.05) is 0 Å². The van der Waals surface area contributed by atoms with Crippen molar-refractivity contribution in [2.45, 2.75) is 47.0 Å². The van der Waals surface area contributed by atoms with Gasteiger partial charge >= 0.3 is 5.97 Å². The lowest BCUT2D eigenvalue weighted by Crippen LogP contribution is -2.43. The Balaban J connectivity index is 2.22. The van der Waals surface area contributed by atoms with Gasteiger partial charge in [0.25, 0.3) is 0 Å². The average molecular weight is 261 g/mol. The van der Waals surface area contributed by atoms with E-state index in [0.717, 1.165) is 24.9 Å². The number of anilines is 1. The summed E-state index contributed by atoms with van der Waals surface area (Å²) in [5.41, 5.74) is 5.53. The summed E-state index contributed by atoms with van der Waals surface area (Å²) >= 11 is 0. The molecule has 0 aliphatic heterocycles. The standard InChI is InChI=1S/C16H23NO2/c1-10-8-11(2)13(4)14(12(10)3)17-9-16(15(18)19)6-5-7-16/h8,17H,5-7,9H2,1-4H3,(H,18,19). The zero-order valence-corrected chi connectivity index (χ0v) is 12.3. The SMILES string of the molecule is Cc1cc(C)c(C)c(NCC2(C(=O)O)CCC2)c1C. The van der Waals surface area contributed by atoms with Crippen LogP contribution in [0.2, 0.25) is 0 Å². The molecule has 0 bridgehead atoms. The van der Waals surface area contributed by atoms with Gasteiger partial charge in [-0.05, 0) is 62.8 Å². The van der Waals surface area contributed by atoms with Crippen LogP contribution in [0.5, 0.6) is 0 Å². The Labute approximate surface area is 115 Å². The highest BCUT2D eigenvalue weighted by atomic mass is 16.4. The van der Waals surface area contributed by atoms with E-state index in [1.165, 1.54) is 22.3 Å². The quantitative estimate of drug-likeness (QED) is 0.870. The number of hydrogen-bond donors (Lipinski definition) is 2. The molecule has 1 aliphatic rings. The molecule has 1 aliphatic carbocycles. The highest BCUT2D eigenvalue weighted by Crippen LogP contribution is 2.41. The first kappa shape index (κ1) is 13.9. The van der Waals surface area contributed by atoms with Crippen molar-refractivity contribution in [3.05, 3.63) is 28.3 Å². The maximum absolute atomic E-state index is 11.4. The Morgan fingerprint density at radius 1 is 1.21 bits per heavy atom. The molecule has 1 fully saturated rings. The molecule has 1 aromatic rings. The molecule has 1 saturated carbocycles. The van der Waals surface area contributed by atoms with Crippen LogP contribution in [0.25, 0.3) is 0 Å². The van der Waals surface area contributed by atoms with E-state index in [9.17, 15) is 9.90 Å². The van der Waals surface area contributed by atoms with E-state index in [-0.39, 0.29) is 0 Å². The minimum Gasteiger partial charge on any atom is -0.481 e. The van der Waals surface area contributed by atoms with Crippen molar-refractivity contribution in [3.63, 3.8) is 0 Å². The van der Waals surface area contributed by atoms with Crippen LogP contribution in [0.4, 0.5) is 5.69 Å². The molecule has 0 aromatic heterocycles. The second kappa shape index (κ2) is 4.87. The van der Waals surface area contributed by atoms with Gasteiger partial charge in [0.1, 0.15) is 0 Å². The fourth-order valence-electron chi connectivity index (χ4n) is 2.81. The molecule has 0 atom stereocenters. The Bertz CT molecular complexity index is 490.